The second-order valence-corrected chi connectivity index (χ2v) is 7.80. The summed E-state index contributed by atoms with van der Waals surface area (Å²) in [6.07, 6.45) is 3.95. The first-order chi connectivity index (χ1) is 11.2. The molecule has 1 aromatic carbocycles. The van der Waals surface area contributed by atoms with E-state index in [0.29, 0.717) is 12.3 Å². The van der Waals surface area contributed by atoms with Crippen LogP contribution in [0.15, 0.2) is 24.3 Å². The normalized spacial score (nSPS) is 22.3. The lowest BCUT2D eigenvalue weighted by atomic mass is 9.95. The van der Waals surface area contributed by atoms with Crippen molar-refractivity contribution in [3.05, 3.63) is 35.4 Å². The molecule has 2 rings (SSSR count). The quantitative estimate of drug-likeness (QED) is 0.743. The van der Waals surface area contributed by atoms with Crippen LogP contribution in [0.25, 0.3) is 0 Å². The third-order valence-corrected chi connectivity index (χ3v) is 6.18. The molecule has 2 amide bonds. The Balaban J connectivity index is 1.89. The molecule has 0 radical (unpaired) electrons. The van der Waals surface area contributed by atoms with Gasteiger partial charge in [0.15, 0.2) is 0 Å². The van der Waals surface area contributed by atoms with E-state index in [1.807, 2.05) is 31.2 Å². The van der Waals surface area contributed by atoms with Crippen LogP contribution in [-0.2, 0) is 24.0 Å². The highest BCUT2D eigenvalue weighted by Crippen LogP contribution is 2.23. The maximum Gasteiger partial charge on any atom is 0.315 e. The fourth-order valence-electron chi connectivity index (χ4n) is 3.07. The Labute approximate surface area is 140 Å². The molecule has 3 N–H and O–H groups in total. The molecule has 0 aliphatic heterocycles. The number of carbonyl (C=O) groups is 1. The zero-order valence-corrected chi connectivity index (χ0v) is 14.4. The van der Waals surface area contributed by atoms with Gasteiger partial charge in [0.05, 0.1) is 11.9 Å². The summed E-state index contributed by atoms with van der Waals surface area (Å²) >= 11 is 0. The van der Waals surface area contributed by atoms with E-state index in [2.05, 4.69) is 10.6 Å². The Morgan fingerprint density at radius 3 is 2.65 bits per heavy atom. The molecule has 3 atom stereocenters. The molecule has 1 saturated carbocycles. The van der Waals surface area contributed by atoms with E-state index in [1.54, 1.807) is 0 Å². The number of hydrogen-bond donors (Lipinski definition) is 3. The van der Waals surface area contributed by atoms with Crippen molar-refractivity contribution < 1.29 is 14.1 Å². The Morgan fingerprint density at radius 1 is 1.26 bits per heavy atom. The van der Waals surface area contributed by atoms with Gasteiger partial charge in [-0.25, -0.2) is 4.79 Å². The van der Waals surface area contributed by atoms with Gasteiger partial charge in [-0.3, -0.25) is 4.21 Å². The lowest BCUT2D eigenvalue weighted by molar-refractivity contribution is 0.232. The number of hydrogen-bond acceptors (Lipinski definition) is 3. The van der Waals surface area contributed by atoms with Crippen molar-refractivity contribution in [2.75, 3.05) is 5.75 Å². The number of aliphatic hydroxyl groups excluding tert-OH is 1. The van der Waals surface area contributed by atoms with E-state index in [-0.39, 0.29) is 23.9 Å². The van der Waals surface area contributed by atoms with E-state index in [9.17, 15) is 14.1 Å². The van der Waals surface area contributed by atoms with Crippen molar-refractivity contribution in [2.24, 2.45) is 0 Å². The van der Waals surface area contributed by atoms with Crippen molar-refractivity contribution in [2.45, 2.75) is 57.1 Å². The second kappa shape index (κ2) is 9.03. The monoisotopic (exact) mass is 338 g/mol. The van der Waals surface area contributed by atoms with Crippen molar-refractivity contribution in [3.63, 3.8) is 0 Å². The molecule has 5 nitrogen and oxygen atoms in total. The predicted molar refractivity (Wildman–Crippen MR) is 92.5 cm³/mol. The van der Waals surface area contributed by atoms with Gasteiger partial charge in [-0.15, -0.1) is 0 Å². The van der Waals surface area contributed by atoms with Crippen LogP contribution in [0.2, 0.25) is 0 Å². The standard InChI is InChI=1S/C17H26N2O3S/c1-2-23(22)16-10-6-5-9-15(16)19-17(21)18-11-13-7-3-4-8-14(13)12-20/h3-4,7-8,15-16,20H,2,5-6,9-12H2,1H3,(H2,18,19,21). The molecule has 128 valence electrons. The topological polar surface area (TPSA) is 78.4 Å². The van der Waals surface area contributed by atoms with Crippen molar-refractivity contribution in [1.82, 2.24) is 10.6 Å². The highest BCUT2D eigenvalue weighted by atomic mass is 32.2. The number of rotatable bonds is 6. The summed E-state index contributed by atoms with van der Waals surface area (Å²) in [6.45, 7) is 2.25. The van der Waals surface area contributed by atoms with Gasteiger partial charge in [0, 0.05) is 29.1 Å². The number of carbonyl (C=O) groups excluding carboxylic acids is 1. The second-order valence-electron chi connectivity index (χ2n) is 5.85. The first-order valence-corrected chi connectivity index (χ1v) is 9.63. The molecule has 1 aliphatic carbocycles. The molecule has 0 aromatic heterocycles. The summed E-state index contributed by atoms with van der Waals surface area (Å²) in [5.41, 5.74) is 1.72. The van der Waals surface area contributed by atoms with E-state index >= 15 is 0 Å². The number of amides is 2. The maximum absolute atomic E-state index is 12.2. The molecule has 23 heavy (non-hydrogen) atoms. The van der Waals surface area contributed by atoms with Gasteiger partial charge in [-0.2, -0.15) is 0 Å². The fourth-order valence-corrected chi connectivity index (χ4v) is 4.50. The highest BCUT2D eigenvalue weighted by molar-refractivity contribution is 7.85. The van der Waals surface area contributed by atoms with Crippen LogP contribution in [0.4, 0.5) is 4.79 Å². The first kappa shape index (κ1) is 17.9. The summed E-state index contributed by atoms with van der Waals surface area (Å²) in [7, 11) is -0.880. The van der Waals surface area contributed by atoms with Gasteiger partial charge in [-0.1, -0.05) is 44.0 Å². The largest absolute Gasteiger partial charge is 0.392 e. The van der Waals surface area contributed by atoms with Crippen molar-refractivity contribution in [3.8, 4) is 0 Å². The Bertz CT molecular complexity index is 550. The molecule has 3 unspecified atom stereocenters. The SMILES string of the molecule is CCS(=O)C1CCCCC1NC(=O)NCc1ccccc1CO. The van der Waals surface area contributed by atoms with Crippen LogP contribution >= 0.6 is 0 Å². The van der Waals surface area contributed by atoms with Crippen LogP contribution in [0.3, 0.4) is 0 Å². The Hall–Kier alpha value is -1.40. The van der Waals surface area contributed by atoms with E-state index in [1.165, 1.54) is 0 Å². The highest BCUT2D eigenvalue weighted by Gasteiger charge is 2.30. The predicted octanol–water partition coefficient (Wildman–Crippen LogP) is 2.06. The number of benzene rings is 1. The molecule has 0 bridgehead atoms. The Kier molecular flexibility index (Phi) is 7.05. The van der Waals surface area contributed by atoms with Crippen molar-refractivity contribution >= 4 is 16.8 Å². The minimum Gasteiger partial charge on any atom is -0.392 e. The molecule has 0 saturated heterocycles. The van der Waals surface area contributed by atoms with Crippen molar-refractivity contribution in [1.29, 1.82) is 0 Å². The average Bonchev–Trinajstić information content (AvgIpc) is 2.60. The average molecular weight is 338 g/mol. The summed E-state index contributed by atoms with van der Waals surface area (Å²) in [5, 5.41) is 15.2. The minimum atomic E-state index is -0.880. The third kappa shape index (κ3) is 5.04. The number of nitrogens with one attached hydrogen (secondary N) is 2. The lowest BCUT2D eigenvalue weighted by Crippen LogP contribution is -2.50. The summed E-state index contributed by atoms with van der Waals surface area (Å²) < 4.78 is 12.1. The first-order valence-electron chi connectivity index (χ1n) is 8.25. The van der Waals surface area contributed by atoms with Gasteiger partial charge in [0.2, 0.25) is 0 Å². The summed E-state index contributed by atoms with van der Waals surface area (Å²) in [5.74, 6) is 0.633. The fraction of sp³-hybridized carbons (Fsp3) is 0.588. The number of aliphatic hydroxyl groups is 1. The summed E-state index contributed by atoms with van der Waals surface area (Å²) in [6, 6.07) is 7.23. The van der Waals surface area contributed by atoms with E-state index in [4.69, 9.17) is 0 Å². The zero-order chi connectivity index (χ0) is 16.7. The molecule has 6 heteroatoms. The van der Waals surface area contributed by atoms with E-state index < -0.39 is 10.8 Å². The molecular formula is C17H26N2O3S. The Morgan fingerprint density at radius 2 is 1.96 bits per heavy atom. The van der Waals surface area contributed by atoms with Gasteiger partial charge >= 0.3 is 6.03 Å². The molecular weight excluding hydrogens is 312 g/mol. The van der Waals surface area contributed by atoms with Crippen LogP contribution in [0.1, 0.15) is 43.7 Å². The van der Waals surface area contributed by atoms with Gasteiger partial charge < -0.3 is 15.7 Å². The molecule has 0 spiro atoms. The van der Waals surface area contributed by atoms with Gasteiger partial charge in [0.25, 0.3) is 0 Å². The maximum atomic E-state index is 12.2. The number of urea groups is 1. The lowest BCUT2D eigenvalue weighted by Gasteiger charge is -2.31. The minimum absolute atomic E-state index is 0.0161. The summed E-state index contributed by atoms with van der Waals surface area (Å²) in [4.78, 5) is 12.2. The van der Waals surface area contributed by atoms with Gasteiger partial charge in [0.1, 0.15) is 0 Å². The third-order valence-electron chi connectivity index (χ3n) is 4.37. The zero-order valence-electron chi connectivity index (χ0n) is 13.6. The van der Waals surface area contributed by atoms with E-state index in [0.717, 1.165) is 36.8 Å². The van der Waals surface area contributed by atoms with Crippen LogP contribution in [0.5, 0.6) is 0 Å². The molecule has 0 heterocycles. The molecule has 1 aromatic rings. The smallest absolute Gasteiger partial charge is 0.315 e. The molecule has 1 aliphatic rings. The van der Waals surface area contributed by atoms with Crippen LogP contribution in [0, 0.1) is 0 Å². The van der Waals surface area contributed by atoms with Crippen LogP contribution < -0.4 is 10.6 Å². The van der Waals surface area contributed by atoms with Gasteiger partial charge in [-0.05, 0) is 24.0 Å². The van der Waals surface area contributed by atoms with Crippen LogP contribution in [-0.4, -0.2) is 32.4 Å². The molecule has 1 fully saturated rings.